The van der Waals surface area contributed by atoms with Crippen LogP contribution in [-0.2, 0) is 0 Å². The summed E-state index contributed by atoms with van der Waals surface area (Å²) in [6.45, 7) is 9.36. The van der Waals surface area contributed by atoms with Crippen molar-refractivity contribution < 1.29 is 0 Å². The first-order valence-electron chi connectivity index (χ1n) is 10.0. The van der Waals surface area contributed by atoms with E-state index in [4.69, 9.17) is 4.98 Å². The Morgan fingerprint density at radius 2 is 1.38 bits per heavy atom. The fraction of sp³-hybridized carbons (Fsp3) is 0.591. The van der Waals surface area contributed by atoms with Crippen LogP contribution in [0.25, 0.3) is 10.9 Å². The van der Waals surface area contributed by atoms with Crippen LogP contribution in [0, 0.1) is 6.92 Å². The summed E-state index contributed by atoms with van der Waals surface area (Å²) in [6.07, 6.45) is 8.17. The fourth-order valence-electron chi connectivity index (χ4n) is 4.03. The number of hydrogen-bond donors (Lipinski definition) is 0. The number of nitrogens with zero attached hydrogens (tertiary/aromatic N) is 1. The average molecular weight is 432 g/mol. The molecular formula is C22H35NSn. The van der Waals surface area contributed by atoms with Crippen LogP contribution in [-0.4, -0.2) is 23.4 Å². The van der Waals surface area contributed by atoms with E-state index in [0.29, 0.717) is 0 Å². The maximum atomic E-state index is 5.30. The van der Waals surface area contributed by atoms with Gasteiger partial charge in [-0.15, -0.1) is 0 Å². The molecule has 0 atom stereocenters. The Morgan fingerprint density at radius 1 is 0.833 bits per heavy atom. The number of unbranched alkanes of at least 4 members (excludes halogenated alkanes) is 3. The zero-order chi connectivity index (χ0) is 17.4. The number of para-hydroxylation sites is 1. The molecule has 0 saturated carbocycles. The topological polar surface area (TPSA) is 12.9 Å². The predicted octanol–water partition coefficient (Wildman–Crippen LogP) is 6.60. The standard InChI is InChI=1S/C10H8N.3C4H9.Sn/c1-8-6-9-4-2-3-5-10(9)11-7-8;3*1-3-4-2;/h2-6H,1H3;3*1,3-4H2,2H3;. The molecule has 0 fully saturated rings. The first-order valence-corrected chi connectivity index (χ1v) is 17.5. The van der Waals surface area contributed by atoms with E-state index >= 15 is 0 Å². The molecule has 1 aromatic heterocycles. The van der Waals surface area contributed by atoms with E-state index in [9.17, 15) is 0 Å². The third-order valence-corrected chi connectivity index (χ3v) is 21.0. The van der Waals surface area contributed by atoms with Crippen LogP contribution in [0.1, 0.15) is 64.9 Å². The molecule has 0 N–H and O–H groups in total. The SMILES string of the molecule is CCC[CH2][Sn]([CH2]CCC)([CH2]CCC)[c]1nc2ccccc2cc1C. The molecule has 0 radical (unpaired) electrons. The van der Waals surface area contributed by atoms with E-state index in [1.54, 1.807) is 3.71 Å². The second-order valence-corrected chi connectivity index (χ2v) is 20.4. The fourth-order valence-corrected chi connectivity index (χ4v) is 20.6. The normalized spacial score (nSPS) is 12.0. The number of aryl methyl sites for hydroxylation is 1. The van der Waals surface area contributed by atoms with Gasteiger partial charge in [0.1, 0.15) is 0 Å². The zero-order valence-electron chi connectivity index (χ0n) is 16.2. The van der Waals surface area contributed by atoms with Crippen molar-refractivity contribution in [1.82, 2.24) is 4.98 Å². The number of aromatic nitrogens is 1. The summed E-state index contributed by atoms with van der Waals surface area (Å²) in [5, 5.41) is 1.31. The summed E-state index contributed by atoms with van der Waals surface area (Å²) in [7, 11) is 0. The van der Waals surface area contributed by atoms with Crippen molar-refractivity contribution in [1.29, 1.82) is 0 Å². The Labute approximate surface area is 153 Å². The summed E-state index contributed by atoms with van der Waals surface area (Å²) < 4.78 is 6.09. The summed E-state index contributed by atoms with van der Waals surface area (Å²) in [4.78, 5) is 5.30. The van der Waals surface area contributed by atoms with Crippen molar-refractivity contribution in [2.24, 2.45) is 0 Å². The number of pyridine rings is 1. The minimum absolute atomic E-state index is 1.21. The number of rotatable bonds is 10. The van der Waals surface area contributed by atoms with Gasteiger partial charge in [0.05, 0.1) is 0 Å². The molecule has 0 aliphatic rings. The summed E-state index contributed by atoms with van der Waals surface area (Å²) in [6, 6.07) is 11.1. The van der Waals surface area contributed by atoms with Gasteiger partial charge in [0.15, 0.2) is 0 Å². The Kier molecular flexibility index (Phi) is 8.06. The Bertz CT molecular complexity index is 613. The quantitative estimate of drug-likeness (QED) is 0.386. The van der Waals surface area contributed by atoms with Crippen LogP contribution < -0.4 is 3.71 Å². The third kappa shape index (κ3) is 4.74. The molecule has 132 valence electrons. The van der Waals surface area contributed by atoms with E-state index in [2.05, 4.69) is 58.0 Å². The molecule has 0 bridgehead atoms. The summed E-state index contributed by atoms with van der Waals surface area (Å²) in [5.74, 6) is 0. The maximum absolute atomic E-state index is 5.30. The molecule has 1 nitrogen and oxygen atoms in total. The molecule has 0 unspecified atom stereocenters. The van der Waals surface area contributed by atoms with Crippen molar-refractivity contribution in [2.45, 2.75) is 79.5 Å². The summed E-state index contributed by atoms with van der Waals surface area (Å²) in [5.41, 5.74) is 2.69. The molecule has 0 saturated heterocycles. The Morgan fingerprint density at radius 3 is 1.92 bits per heavy atom. The molecule has 1 heterocycles. The predicted molar refractivity (Wildman–Crippen MR) is 111 cm³/mol. The molecular weight excluding hydrogens is 397 g/mol. The van der Waals surface area contributed by atoms with E-state index in [1.807, 2.05) is 0 Å². The van der Waals surface area contributed by atoms with Gasteiger partial charge in [-0.1, -0.05) is 0 Å². The molecule has 2 rings (SSSR count). The van der Waals surface area contributed by atoms with Gasteiger partial charge in [-0.05, 0) is 0 Å². The van der Waals surface area contributed by atoms with Gasteiger partial charge >= 0.3 is 153 Å². The second-order valence-electron chi connectivity index (χ2n) is 7.44. The van der Waals surface area contributed by atoms with E-state index in [-0.39, 0.29) is 0 Å². The van der Waals surface area contributed by atoms with E-state index in [1.165, 1.54) is 68.3 Å². The first-order chi connectivity index (χ1) is 11.7. The second kappa shape index (κ2) is 9.79. The average Bonchev–Trinajstić information content (AvgIpc) is 2.61. The van der Waals surface area contributed by atoms with Crippen LogP contribution in [0.15, 0.2) is 30.3 Å². The number of benzene rings is 1. The van der Waals surface area contributed by atoms with Gasteiger partial charge in [-0.3, -0.25) is 0 Å². The number of fused-ring (bicyclic) bond motifs is 1. The van der Waals surface area contributed by atoms with Gasteiger partial charge in [0.2, 0.25) is 0 Å². The molecule has 2 aromatic rings. The molecule has 0 spiro atoms. The monoisotopic (exact) mass is 433 g/mol. The van der Waals surface area contributed by atoms with Gasteiger partial charge < -0.3 is 0 Å². The first kappa shape index (κ1) is 19.7. The molecule has 1 aromatic carbocycles. The van der Waals surface area contributed by atoms with Gasteiger partial charge in [0, 0.05) is 0 Å². The van der Waals surface area contributed by atoms with Crippen LogP contribution in [0.5, 0.6) is 0 Å². The van der Waals surface area contributed by atoms with Crippen molar-refractivity contribution >= 4 is 33.0 Å². The molecule has 0 aliphatic carbocycles. The third-order valence-electron chi connectivity index (χ3n) is 5.44. The molecule has 24 heavy (non-hydrogen) atoms. The number of hydrogen-bond acceptors (Lipinski definition) is 1. The van der Waals surface area contributed by atoms with Gasteiger partial charge in [-0.25, -0.2) is 0 Å². The van der Waals surface area contributed by atoms with Crippen LogP contribution in [0.3, 0.4) is 0 Å². The van der Waals surface area contributed by atoms with Gasteiger partial charge in [0.25, 0.3) is 0 Å². The van der Waals surface area contributed by atoms with Crippen molar-refractivity contribution in [3.8, 4) is 0 Å². The van der Waals surface area contributed by atoms with Crippen LogP contribution in [0.2, 0.25) is 13.3 Å². The van der Waals surface area contributed by atoms with E-state index in [0.717, 1.165) is 0 Å². The Hall–Kier alpha value is -0.571. The Balaban J connectivity index is 2.51. The zero-order valence-corrected chi connectivity index (χ0v) is 19.1. The van der Waals surface area contributed by atoms with Crippen molar-refractivity contribution in [3.63, 3.8) is 0 Å². The van der Waals surface area contributed by atoms with Crippen LogP contribution in [0.4, 0.5) is 0 Å². The summed E-state index contributed by atoms with van der Waals surface area (Å²) >= 11 is -2.42. The van der Waals surface area contributed by atoms with Crippen LogP contribution >= 0.6 is 0 Å². The molecule has 2 heteroatoms. The van der Waals surface area contributed by atoms with E-state index < -0.39 is 18.4 Å². The minimum atomic E-state index is -2.42. The van der Waals surface area contributed by atoms with Crippen molar-refractivity contribution in [2.75, 3.05) is 0 Å². The molecule has 0 aliphatic heterocycles. The van der Waals surface area contributed by atoms with Gasteiger partial charge in [-0.2, -0.15) is 0 Å². The van der Waals surface area contributed by atoms with Crippen molar-refractivity contribution in [3.05, 3.63) is 35.9 Å². The molecule has 0 amide bonds.